The summed E-state index contributed by atoms with van der Waals surface area (Å²) in [5, 5.41) is 11.2. The molecule has 1 fully saturated rings. The van der Waals surface area contributed by atoms with Crippen molar-refractivity contribution in [2.75, 3.05) is 31.1 Å². The second-order valence-corrected chi connectivity index (χ2v) is 5.65. The summed E-state index contributed by atoms with van der Waals surface area (Å²) in [5.41, 5.74) is 0.708. The van der Waals surface area contributed by atoms with Gasteiger partial charge in [-0.25, -0.2) is 0 Å². The monoisotopic (exact) mass is 341 g/mol. The molecule has 6 nitrogen and oxygen atoms in total. The highest BCUT2D eigenvalue weighted by Crippen LogP contribution is 2.31. The van der Waals surface area contributed by atoms with Crippen LogP contribution in [-0.4, -0.2) is 41.9 Å². The molecule has 1 aliphatic rings. The highest BCUT2D eigenvalue weighted by molar-refractivity contribution is 9.10. The van der Waals surface area contributed by atoms with Crippen LogP contribution in [0, 0.1) is 10.1 Å². The molecule has 2 rings (SSSR count). The lowest BCUT2D eigenvalue weighted by atomic mass is 10.2. The van der Waals surface area contributed by atoms with Crippen LogP contribution in [0.4, 0.5) is 11.4 Å². The average Bonchev–Trinajstić information content (AvgIpc) is 2.64. The van der Waals surface area contributed by atoms with Crippen LogP contribution in [-0.2, 0) is 4.79 Å². The topological polar surface area (TPSA) is 66.7 Å². The number of nitrogens with zero attached hydrogens (tertiary/aromatic N) is 3. The zero-order chi connectivity index (χ0) is 14.7. The van der Waals surface area contributed by atoms with Crippen LogP contribution in [0.5, 0.6) is 0 Å². The molecule has 7 heteroatoms. The maximum Gasteiger partial charge on any atom is 0.293 e. The van der Waals surface area contributed by atoms with Gasteiger partial charge in [-0.2, -0.15) is 0 Å². The predicted molar refractivity (Wildman–Crippen MR) is 79.9 cm³/mol. The Bertz CT molecular complexity index is 536. The maximum absolute atomic E-state index is 11.4. The number of nitro groups is 1. The summed E-state index contributed by atoms with van der Waals surface area (Å²) >= 11 is 3.26. The Balaban J connectivity index is 2.23. The summed E-state index contributed by atoms with van der Waals surface area (Å²) in [6.07, 6.45) is 0.812. The summed E-state index contributed by atoms with van der Waals surface area (Å²) in [6.45, 7) is 4.19. The Kier molecular flexibility index (Phi) is 4.59. The molecule has 1 aromatic rings. The molecule has 1 aromatic carbocycles. The second kappa shape index (κ2) is 6.21. The molecule has 0 aromatic heterocycles. The fourth-order valence-electron chi connectivity index (χ4n) is 2.38. The number of carbonyl (C=O) groups excluding carboxylic acids is 1. The van der Waals surface area contributed by atoms with E-state index >= 15 is 0 Å². The quantitative estimate of drug-likeness (QED) is 0.612. The van der Waals surface area contributed by atoms with Crippen molar-refractivity contribution in [1.82, 2.24) is 4.90 Å². The Morgan fingerprint density at radius 2 is 2.05 bits per heavy atom. The van der Waals surface area contributed by atoms with Gasteiger partial charge >= 0.3 is 0 Å². The number of anilines is 1. The molecule has 0 aliphatic carbocycles. The van der Waals surface area contributed by atoms with E-state index in [-0.39, 0.29) is 16.5 Å². The van der Waals surface area contributed by atoms with Gasteiger partial charge in [-0.1, -0.05) is 15.9 Å². The van der Waals surface area contributed by atoms with Gasteiger partial charge in [0.05, 0.1) is 4.92 Å². The first-order valence-corrected chi connectivity index (χ1v) is 7.23. The highest BCUT2D eigenvalue weighted by atomic mass is 79.9. The lowest BCUT2D eigenvalue weighted by molar-refractivity contribution is -0.384. The number of halogens is 1. The van der Waals surface area contributed by atoms with E-state index in [4.69, 9.17) is 0 Å². The van der Waals surface area contributed by atoms with Crippen molar-refractivity contribution in [3.05, 3.63) is 32.8 Å². The third-order valence-corrected chi connectivity index (χ3v) is 3.91. The van der Waals surface area contributed by atoms with Gasteiger partial charge in [-0.3, -0.25) is 14.9 Å². The highest BCUT2D eigenvalue weighted by Gasteiger charge is 2.23. The predicted octanol–water partition coefficient (Wildman–Crippen LogP) is 2.42. The fourth-order valence-corrected chi connectivity index (χ4v) is 2.73. The van der Waals surface area contributed by atoms with Gasteiger partial charge in [-0.05, 0) is 18.6 Å². The van der Waals surface area contributed by atoms with Gasteiger partial charge in [-0.15, -0.1) is 0 Å². The smallest absolute Gasteiger partial charge is 0.293 e. The first-order valence-electron chi connectivity index (χ1n) is 6.43. The van der Waals surface area contributed by atoms with E-state index in [0.717, 1.165) is 6.42 Å². The van der Waals surface area contributed by atoms with E-state index < -0.39 is 0 Å². The van der Waals surface area contributed by atoms with E-state index in [1.807, 2.05) is 4.90 Å². The largest absolute Gasteiger partial charge is 0.364 e. The van der Waals surface area contributed by atoms with Gasteiger partial charge in [0.25, 0.3) is 5.69 Å². The minimum Gasteiger partial charge on any atom is -0.364 e. The molecule has 0 unspecified atom stereocenters. The number of hydrogen-bond acceptors (Lipinski definition) is 4. The lowest BCUT2D eigenvalue weighted by Crippen LogP contribution is -2.33. The van der Waals surface area contributed by atoms with E-state index in [1.165, 1.54) is 6.07 Å². The van der Waals surface area contributed by atoms with Crippen LogP contribution in [0.2, 0.25) is 0 Å². The van der Waals surface area contributed by atoms with Crippen molar-refractivity contribution in [3.8, 4) is 0 Å². The van der Waals surface area contributed by atoms with Crippen molar-refractivity contribution >= 4 is 33.2 Å². The first kappa shape index (κ1) is 14.8. The average molecular weight is 342 g/mol. The number of rotatable bonds is 2. The lowest BCUT2D eigenvalue weighted by Gasteiger charge is -2.23. The summed E-state index contributed by atoms with van der Waals surface area (Å²) in [4.78, 5) is 26.0. The SMILES string of the molecule is CC(=O)N1CCCN(c2ccc(Br)cc2[N+](=O)[O-])CC1. The van der Waals surface area contributed by atoms with Gasteiger partial charge in [0, 0.05) is 43.6 Å². The van der Waals surface area contributed by atoms with Crippen LogP contribution >= 0.6 is 15.9 Å². The molecule has 0 spiro atoms. The maximum atomic E-state index is 11.4. The molecular formula is C13H16BrN3O3. The summed E-state index contributed by atoms with van der Waals surface area (Å²) in [6, 6.07) is 5.07. The molecule has 108 valence electrons. The van der Waals surface area contributed by atoms with Crippen molar-refractivity contribution in [1.29, 1.82) is 0 Å². The summed E-state index contributed by atoms with van der Waals surface area (Å²) < 4.78 is 0.688. The number of hydrogen-bond donors (Lipinski definition) is 0. The molecule has 1 amide bonds. The van der Waals surface area contributed by atoms with E-state index in [1.54, 1.807) is 24.0 Å². The molecule has 1 aliphatic heterocycles. The standard InChI is InChI=1S/C13H16BrN3O3/c1-10(18)15-5-2-6-16(8-7-15)12-4-3-11(14)9-13(12)17(19)20/h3-4,9H,2,5-8H2,1H3. The number of carbonyl (C=O) groups is 1. The van der Waals surface area contributed by atoms with Crippen LogP contribution in [0.25, 0.3) is 0 Å². The molecule has 20 heavy (non-hydrogen) atoms. The summed E-state index contributed by atoms with van der Waals surface area (Å²) in [7, 11) is 0. The molecule has 0 radical (unpaired) electrons. The van der Waals surface area contributed by atoms with Crippen molar-refractivity contribution in [3.63, 3.8) is 0 Å². The van der Waals surface area contributed by atoms with Crippen molar-refractivity contribution < 1.29 is 9.72 Å². The van der Waals surface area contributed by atoms with Crippen LogP contribution < -0.4 is 4.90 Å². The Labute approximate surface area is 125 Å². The molecule has 0 N–H and O–H groups in total. The van der Waals surface area contributed by atoms with Gasteiger partial charge in [0.1, 0.15) is 5.69 Å². The van der Waals surface area contributed by atoms with Crippen molar-refractivity contribution in [2.24, 2.45) is 0 Å². The second-order valence-electron chi connectivity index (χ2n) is 4.74. The van der Waals surface area contributed by atoms with E-state index in [9.17, 15) is 14.9 Å². The van der Waals surface area contributed by atoms with Gasteiger partial charge < -0.3 is 9.80 Å². The van der Waals surface area contributed by atoms with Crippen LogP contribution in [0.3, 0.4) is 0 Å². The van der Waals surface area contributed by atoms with Crippen LogP contribution in [0.15, 0.2) is 22.7 Å². The van der Waals surface area contributed by atoms with Gasteiger partial charge in [0.2, 0.25) is 5.91 Å². The van der Waals surface area contributed by atoms with E-state index in [2.05, 4.69) is 15.9 Å². The number of amides is 1. The third-order valence-electron chi connectivity index (χ3n) is 3.42. The Morgan fingerprint density at radius 1 is 1.30 bits per heavy atom. The minimum atomic E-state index is -0.367. The van der Waals surface area contributed by atoms with E-state index in [0.29, 0.717) is 36.3 Å². The summed E-state index contributed by atoms with van der Waals surface area (Å²) in [5.74, 6) is 0.0529. The molecule has 0 saturated carbocycles. The van der Waals surface area contributed by atoms with Gasteiger partial charge in [0.15, 0.2) is 0 Å². The fraction of sp³-hybridized carbons (Fsp3) is 0.462. The minimum absolute atomic E-state index is 0.0529. The Hall–Kier alpha value is -1.63. The zero-order valence-electron chi connectivity index (χ0n) is 11.2. The number of nitro benzene ring substituents is 1. The van der Waals surface area contributed by atoms with Crippen LogP contribution in [0.1, 0.15) is 13.3 Å². The zero-order valence-corrected chi connectivity index (χ0v) is 12.8. The normalized spacial score (nSPS) is 15.9. The third kappa shape index (κ3) is 3.27. The van der Waals surface area contributed by atoms with Crippen molar-refractivity contribution in [2.45, 2.75) is 13.3 Å². The molecule has 0 atom stereocenters. The molecule has 1 heterocycles. The number of benzene rings is 1. The first-order chi connectivity index (χ1) is 9.49. The Morgan fingerprint density at radius 3 is 2.70 bits per heavy atom. The molecular weight excluding hydrogens is 326 g/mol. The molecule has 0 bridgehead atoms. The molecule has 1 saturated heterocycles.